The number of quaternary nitrogens is 1. The summed E-state index contributed by atoms with van der Waals surface area (Å²) >= 11 is 0. The zero-order valence-electron chi connectivity index (χ0n) is 19.0. The Bertz CT molecular complexity index is 1340. The number of nitrogens with zero attached hydrogens (tertiary/aromatic N) is 3. The van der Waals surface area contributed by atoms with Gasteiger partial charge in [-0.05, 0) is 43.2 Å². The number of rotatable bonds is 5. The second-order valence-corrected chi connectivity index (χ2v) is 8.57. The molecule has 1 aliphatic heterocycles. The molecular weight excluding hydrogens is 416 g/mol. The van der Waals surface area contributed by atoms with Crippen LogP contribution in [0.5, 0.6) is 0 Å². The van der Waals surface area contributed by atoms with E-state index in [0.717, 1.165) is 60.7 Å². The van der Waals surface area contributed by atoms with Gasteiger partial charge < -0.3 is 20.7 Å². The maximum Gasteiger partial charge on any atom is 0.257 e. The third-order valence-corrected chi connectivity index (χ3v) is 6.51. The Balaban J connectivity index is 1.58. The van der Waals surface area contributed by atoms with E-state index in [9.17, 15) is 4.79 Å². The number of aryl methyl sites for hydroxylation is 1. The van der Waals surface area contributed by atoms with Gasteiger partial charge in [0.05, 0.1) is 43.0 Å². The smallest absolute Gasteiger partial charge is 0.257 e. The van der Waals surface area contributed by atoms with E-state index in [1.54, 1.807) is 0 Å². The highest BCUT2D eigenvalue weighted by Gasteiger charge is 2.26. The first-order valence-electron chi connectivity index (χ1n) is 11.4. The molecule has 8 heteroatoms. The number of aromatic nitrogens is 3. The first-order chi connectivity index (χ1) is 16.0. The van der Waals surface area contributed by atoms with Crippen molar-refractivity contribution < 1.29 is 14.4 Å². The lowest BCUT2D eigenvalue weighted by molar-refractivity contribution is -0.906. The molecule has 0 unspecified atom stereocenters. The van der Waals surface area contributed by atoms with E-state index in [-0.39, 0.29) is 5.91 Å². The number of para-hydroxylation sites is 2. The summed E-state index contributed by atoms with van der Waals surface area (Å²) in [5.41, 5.74) is 12.7. The molecule has 0 bridgehead atoms. The minimum atomic E-state index is -0.223. The Hall–Kier alpha value is -3.49. The number of carbonyl (C=O) groups is 1. The fraction of sp³-hybridized carbons (Fsp3) is 0.320. The van der Waals surface area contributed by atoms with Crippen LogP contribution < -0.4 is 16.0 Å². The van der Waals surface area contributed by atoms with E-state index in [4.69, 9.17) is 20.4 Å². The third kappa shape index (κ3) is 3.92. The third-order valence-electron chi connectivity index (χ3n) is 6.51. The van der Waals surface area contributed by atoms with Crippen molar-refractivity contribution in [3.05, 3.63) is 59.2 Å². The average Bonchev–Trinajstić information content (AvgIpc) is 3.10. The number of carbonyl (C=O) groups excluding carboxylic acids is 1. The van der Waals surface area contributed by atoms with Gasteiger partial charge in [0.1, 0.15) is 30.0 Å². The lowest BCUT2D eigenvalue weighted by Gasteiger charge is -2.23. The van der Waals surface area contributed by atoms with Gasteiger partial charge in [0.15, 0.2) is 5.65 Å². The second-order valence-electron chi connectivity index (χ2n) is 8.57. The summed E-state index contributed by atoms with van der Waals surface area (Å²) < 4.78 is 7.28. The van der Waals surface area contributed by atoms with Gasteiger partial charge in [0.25, 0.3) is 5.91 Å². The van der Waals surface area contributed by atoms with Crippen molar-refractivity contribution in [2.75, 3.05) is 45.1 Å². The number of fused-ring (bicyclic) bond motifs is 2. The topological polar surface area (TPSA) is 99.5 Å². The fourth-order valence-electron chi connectivity index (χ4n) is 4.46. The number of amides is 1. The minimum absolute atomic E-state index is 0.223. The van der Waals surface area contributed by atoms with Gasteiger partial charge in [-0.25, -0.2) is 9.97 Å². The van der Waals surface area contributed by atoms with Crippen LogP contribution in [0.2, 0.25) is 0 Å². The summed E-state index contributed by atoms with van der Waals surface area (Å²) in [6.07, 6.45) is 0. The number of morpholine rings is 1. The molecule has 2 aromatic heterocycles. The molecule has 1 amide bonds. The fourth-order valence-corrected chi connectivity index (χ4v) is 4.46. The van der Waals surface area contributed by atoms with Crippen molar-refractivity contribution in [2.45, 2.75) is 13.8 Å². The Labute approximate surface area is 192 Å². The van der Waals surface area contributed by atoms with Crippen molar-refractivity contribution in [3.63, 3.8) is 0 Å². The van der Waals surface area contributed by atoms with Crippen molar-refractivity contribution in [2.24, 2.45) is 0 Å². The van der Waals surface area contributed by atoms with E-state index < -0.39 is 0 Å². The number of anilines is 1. The van der Waals surface area contributed by atoms with Crippen molar-refractivity contribution in [3.8, 4) is 5.69 Å². The highest BCUT2D eigenvalue weighted by molar-refractivity contribution is 6.11. The zero-order valence-corrected chi connectivity index (χ0v) is 19.0. The zero-order chi connectivity index (χ0) is 22.9. The maximum absolute atomic E-state index is 13.3. The SMILES string of the molecule is Cc1cccc(-n2c(N)c(C(=O)NCC[NH+]3CCOCC3)c3nc4ccccc4nc32)c1C. The lowest BCUT2D eigenvalue weighted by atomic mass is 10.1. The van der Waals surface area contributed by atoms with Gasteiger partial charge >= 0.3 is 0 Å². The number of hydrogen-bond acceptors (Lipinski definition) is 5. The molecule has 0 aliphatic carbocycles. The molecule has 33 heavy (non-hydrogen) atoms. The Morgan fingerprint density at radius 3 is 2.58 bits per heavy atom. The number of ether oxygens (including phenoxy) is 1. The molecule has 4 aromatic rings. The van der Waals surface area contributed by atoms with Gasteiger partial charge in [0.2, 0.25) is 0 Å². The number of nitrogens with one attached hydrogen (secondary N) is 2. The van der Waals surface area contributed by atoms with Crippen LogP contribution in [0.15, 0.2) is 42.5 Å². The van der Waals surface area contributed by atoms with Gasteiger partial charge in [-0.2, -0.15) is 0 Å². The minimum Gasteiger partial charge on any atom is -0.384 e. The molecule has 170 valence electrons. The van der Waals surface area contributed by atoms with Gasteiger partial charge in [-0.1, -0.05) is 24.3 Å². The van der Waals surface area contributed by atoms with Crippen molar-refractivity contribution >= 4 is 33.9 Å². The van der Waals surface area contributed by atoms with Crippen LogP contribution in [-0.4, -0.2) is 59.8 Å². The molecule has 3 heterocycles. The summed E-state index contributed by atoms with van der Waals surface area (Å²) in [5.74, 6) is 0.129. The summed E-state index contributed by atoms with van der Waals surface area (Å²) in [7, 11) is 0. The maximum atomic E-state index is 13.3. The predicted molar refractivity (Wildman–Crippen MR) is 129 cm³/mol. The summed E-state index contributed by atoms with van der Waals surface area (Å²) in [6.45, 7) is 8.97. The van der Waals surface area contributed by atoms with Crippen LogP contribution in [0.3, 0.4) is 0 Å². The predicted octanol–water partition coefficient (Wildman–Crippen LogP) is 1.42. The molecular formula is C25H29N6O2+. The van der Waals surface area contributed by atoms with Gasteiger partial charge in [0, 0.05) is 0 Å². The first kappa shape index (κ1) is 21.4. The molecule has 4 N–H and O–H groups in total. The van der Waals surface area contributed by atoms with E-state index in [2.05, 4.69) is 25.2 Å². The van der Waals surface area contributed by atoms with E-state index in [1.165, 1.54) is 4.90 Å². The Kier molecular flexibility index (Phi) is 5.70. The largest absolute Gasteiger partial charge is 0.384 e. The van der Waals surface area contributed by atoms with Crippen LogP contribution in [0.25, 0.3) is 27.9 Å². The van der Waals surface area contributed by atoms with Crippen LogP contribution in [-0.2, 0) is 4.74 Å². The van der Waals surface area contributed by atoms with E-state index in [0.29, 0.717) is 29.1 Å². The number of nitrogen functional groups attached to an aromatic ring is 1. The highest BCUT2D eigenvalue weighted by atomic mass is 16.5. The average molecular weight is 446 g/mol. The monoisotopic (exact) mass is 445 g/mol. The Morgan fingerprint density at radius 1 is 1.09 bits per heavy atom. The summed E-state index contributed by atoms with van der Waals surface area (Å²) in [5, 5.41) is 3.06. The molecule has 2 aromatic carbocycles. The molecule has 1 aliphatic rings. The highest BCUT2D eigenvalue weighted by Crippen LogP contribution is 2.32. The van der Waals surface area contributed by atoms with E-state index >= 15 is 0 Å². The first-order valence-corrected chi connectivity index (χ1v) is 11.4. The van der Waals surface area contributed by atoms with Gasteiger partial charge in [-0.3, -0.25) is 9.36 Å². The number of nitrogens with two attached hydrogens (primary N) is 1. The lowest BCUT2D eigenvalue weighted by Crippen LogP contribution is -3.14. The summed E-state index contributed by atoms with van der Waals surface area (Å²) in [6, 6.07) is 13.7. The molecule has 0 radical (unpaired) electrons. The van der Waals surface area contributed by atoms with Crippen LogP contribution in [0.1, 0.15) is 21.5 Å². The molecule has 0 atom stereocenters. The number of hydrogen-bond donors (Lipinski definition) is 3. The molecule has 5 rings (SSSR count). The van der Waals surface area contributed by atoms with E-state index in [1.807, 2.05) is 41.0 Å². The van der Waals surface area contributed by atoms with Crippen LogP contribution >= 0.6 is 0 Å². The molecule has 8 nitrogen and oxygen atoms in total. The Morgan fingerprint density at radius 2 is 1.82 bits per heavy atom. The van der Waals surface area contributed by atoms with Gasteiger partial charge in [-0.15, -0.1) is 0 Å². The van der Waals surface area contributed by atoms with Crippen molar-refractivity contribution in [1.82, 2.24) is 19.9 Å². The molecule has 0 spiro atoms. The molecule has 1 saturated heterocycles. The van der Waals surface area contributed by atoms with Crippen LogP contribution in [0, 0.1) is 13.8 Å². The van der Waals surface area contributed by atoms with Crippen LogP contribution in [0.4, 0.5) is 5.82 Å². The summed E-state index contributed by atoms with van der Waals surface area (Å²) in [4.78, 5) is 24.5. The number of benzene rings is 2. The second kappa shape index (κ2) is 8.80. The quantitative estimate of drug-likeness (QED) is 0.432. The van der Waals surface area contributed by atoms with Crippen molar-refractivity contribution in [1.29, 1.82) is 0 Å². The normalized spacial score (nSPS) is 14.7. The standard InChI is InChI=1S/C25H28N6O2/c1-16-6-5-9-20(17(16)2)31-23(26)21(25(32)27-10-11-30-12-14-33-15-13-30)22-24(31)29-19-8-4-3-7-18(19)28-22/h3-9H,10-15,26H2,1-2H3,(H,27,32)/p+1. The molecule has 0 saturated carbocycles. The molecule has 1 fully saturated rings.